The number of fused-ring (bicyclic) bond motifs is 1. The number of amides is 1. The molecule has 0 radical (unpaired) electrons. The lowest BCUT2D eigenvalue weighted by Gasteiger charge is -2.31. The van der Waals surface area contributed by atoms with Gasteiger partial charge in [-0.15, -0.1) is 0 Å². The second-order valence-corrected chi connectivity index (χ2v) is 7.38. The molecule has 1 saturated carbocycles. The predicted molar refractivity (Wildman–Crippen MR) is 93.5 cm³/mol. The summed E-state index contributed by atoms with van der Waals surface area (Å²) < 4.78 is 16.8. The molecule has 5 heteroatoms. The van der Waals surface area contributed by atoms with Crippen molar-refractivity contribution in [1.29, 1.82) is 0 Å². The van der Waals surface area contributed by atoms with Crippen molar-refractivity contribution in [1.82, 2.24) is 4.90 Å². The van der Waals surface area contributed by atoms with Crippen LogP contribution in [0.25, 0.3) is 0 Å². The SMILES string of the molecule is O=C([C@H]1CCCO1)N(Cc1cccc2c1OCO2)CC1CCCCC1. The molecule has 0 unspecified atom stereocenters. The first-order valence-corrected chi connectivity index (χ1v) is 9.59. The quantitative estimate of drug-likeness (QED) is 0.819. The minimum atomic E-state index is -0.266. The highest BCUT2D eigenvalue weighted by Crippen LogP contribution is 2.36. The standard InChI is InChI=1S/C20H27NO4/c22-20(18-10-5-11-23-18)21(12-15-6-2-1-3-7-15)13-16-8-4-9-17-19(16)25-14-24-17/h4,8-9,15,18H,1-3,5-7,10-14H2/t18-/m1/s1. The summed E-state index contributed by atoms with van der Waals surface area (Å²) in [6.07, 6.45) is 7.89. The van der Waals surface area contributed by atoms with Gasteiger partial charge < -0.3 is 19.1 Å². The Hall–Kier alpha value is -1.75. The Labute approximate surface area is 149 Å². The van der Waals surface area contributed by atoms with E-state index in [1.807, 2.05) is 23.1 Å². The van der Waals surface area contributed by atoms with Gasteiger partial charge in [-0.05, 0) is 37.7 Å². The summed E-state index contributed by atoms with van der Waals surface area (Å²) in [5.74, 6) is 2.31. The third-order valence-corrected chi connectivity index (χ3v) is 5.56. The molecule has 1 amide bonds. The highest BCUT2D eigenvalue weighted by Gasteiger charge is 2.31. The van der Waals surface area contributed by atoms with Crippen LogP contribution in [-0.4, -0.2) is 36.9 Å². The molecule has 1 aromatic carbocycles. The summed E-state index contributed by atoms with van der Waals surface area (Å²) in [5.41, 5.74) is 1.03. The molecule has 3 aliphatic rings. The molecule has 1 aromatic rings. The minimum absolute atomic E-state index is 0.139. The van der Waals surface area contributed by atoms with Gasteiger partial charge >= 0.3 is 0 Å². The van der Waals surface area contributed by atoms with Gasteiger partial charge in [0.2, 0.25) is 6.79 Å². The normalized spacial score (nSPS) is 23.0. The van der Waals surface area contributed by atoms with E-state index in [-0.39, 0.29) is 18.8 Å². The van der Waals surface area contributed by atoms with E-state index in [1.165, 1.54) is 32.1 Å². The first-order valence-electron chi connectivity index (χ1n) is 9.59. The Morgan fingerprint density at radius 1 is 1.08 bits per heavy atom. The monoisotopic (exact) mass is 345 g/mol. The molecule has 1 saturated heterocycles. The molecule has 4 rings (SSSR count). The van der Waals surface area contributed by atoms with Crippen LogP contribution in [0.1, 0.15) is 50.5 Å². The number of ether oxygens (including phenoxy) is 3. The zero-order valence-corrected chi connectivity index (χ0v) is 14.7. The Bertz CT molecular complexity index is 606. The molecular formula is C20H27NO4. The summed E-state index contributed by atoms with van der Waals surface area (Å²) in [6.45, 7) is 2.35. The minimum Gasteiger partial charge on any atom is -0.454 e. The zero-order valence-electron chi connectivity index (χ0n) is 14.7. The third-order valence-electron chi connectivity index (χ3n) is 5.56. The molecule has 2 heterocycles. The van der Waals surface area contributed by atoms with Crippen molar-refractivity contribution in [3.05, 3.63) is 23.8 Å². The number of hydrogen-bond donors (Lipinski definition) is 0. The van der Waals surface area contributed by atoms with Crippen molar-refractivity contribution in [2.45, 2.75) is 57.6 Å². The highest BCUT2D eigenvalue weighted by molar-refractivity contribution is 5.81. The van der Waals surface area contributed by atoms with Gasteiger partial charge in [0.05, 0.1) is 0 Å². The van der Waals surface area contributed by atoms with Gasteiger partial charge in [-0.1, -0.05) is 31.4 Å². The average Bonchev–Trinajstić information content (AvgIpc) is 3.33. The second-order valence-electron chi connectivity index (χ2n) is 7.38. The van der Waals surface area contributed by atoms with Crippen LogP contribution < -0.4 is 9.47 Å². The number of carbonyl (C=O) groups is 1. The fourth-order valence-corrected chi connectivity index (χ4v) is 4.21. The highest BCUT2D eigenvalue weighted by atomic mass is 16.7. The average molecular weight is 345 g/mol. The molecular weight excluding hydrogens is 318 g/mol. The largest absolute Gasteiger partial charge is 0.454 e. The first kappa shape index (κ1) is 16.7. The molecule has 1 aliphatic carbocycles. The van der Waals surface area contributed by atoms with Crippen LogP contribution in [0.4, 0.5) is 0 Å². The maximum Gasteiger partial charge on any atom is 0.252 e. The lowest BCUT2D eigenvalue weighted by atomic mass is 9.88. The smallest absolute Gasteiger partial charge is 0.252 e. The summed E-state index contributed by atoms with van der Waals surface area (Å²) in [5, 5.41) is 0. The fourth-order valence-electron chi connectivity index (χ4n) is 4.21. The van der Waals surface area contributed by atoms with Crippen molar-refractivity contribution in [2.24, 2.45) is 5.92 Å². The summed E-state index contributed by atoms with van der Waals surface area (Å²) in [6, 6.07) is 5.92. The van der Waals surface area contributed by atoms with Crippen LogP contribution in [0.15, 0.2) is 18.2 Å². The molecule has 2 aliphatic heterocycles. The summed E-state index contributed by atoms with van der Waals surface area (Å²) >= 11 is 0. The van der Waals surface area contributed by atoms with Crippen LogP contribution in [0, 0.1) is 5.92 Å². The molecule has 0 spiro atoms. The van der Waals surface area contributed by atoms with Gasteiger partial charge in [-0.3, -0.25) is 4.79 Å². The molecule has 1 atom stereocenters. The van der Waals surface area contributed by atoms with E-state index in [4.69, 9.17) is 14.2 Å². The van der Waals surface area contributed by atoms with Crippen molar-refractivity contribution in [3.8, 4) is 11.5 Å². The number of rotatable bonds is 5. The summed E-state index contributed by atoms with van der Waals surface area (Å²) in [4.78, 5) is 15.1. The Balaban J connectivity index is 1.52. The van der Waals surface area contributed by atoms with Crippen molar-refractivity contribution < 1.29 is 19.0 Å². The molecule has 136 valence electrons. The van der Waals surface area contributed by atoms with E-state index in [0.29, 0.717) is 19.1 Å². The maximum absolute atomic E-state index is 13.1. The van der Waals surface area contributed by atoms with Gasteiger partial charge in [0, 0.05) is 25.3 Å². The molecule has 5 nitrogen and oxygen atoms in total. The Kier molecular flexibility index (Phi) is 5.11. The van der Waals surface area contributed by atoms with Crippen LogP contribution in [0.3, 0.4) is 0 Å². The van der Waals surface area contributed by atoms with E-state index in [1.54, 1.807) is 0 Å². The summed E-state index contributed by atoms with van der Waals surface area (Å²) in [7, 11) is 0. The van der Waals surface area contributed by atoms with E-state index in [0.717, 1.165) is 36.4 Å². The van der Waals surface area contributed by atoms with E-state index >= 15 is 0 Å². The molecule has 0 aromatic heterocycles. The predicted octanol–water partition coefficient (Wildman–Crippen LogP) is 3.50. The third kappa shape index (κ3) is 3.76. The van der Waals surface area contributed by atoms with Crippen molar-refractivity contribution in [2.75, 3.05) is 19.9 Å². The molecule has 2 fully saturated rings. The van der Waals surface area contributed by atoms with Crippen LogP contribution in [-0.2, 0) is 16.1 Å². The molecule has 0 N–H and O–H groups in total. The van der Waals surface area contributed by atoms with E-state index in [9.17, 15) is 4.79 Å². The second kappa shape index (κ2) is 7.65. The fraction of sp³-hybridized carbons (Fsp3) is 0.650. The van der Waals surface area contributed by atoms with Crippen LogP contribution in [0.2, 0.25) is 0 Å². The van der Waals surface area contributed by atoms with Gasteiger partial charge in [-0.25, -0.2) is 0 Å². The first-order chi connectivity index (χ1) is 12.3. The van der Waals surface area contributed by atoms with Gasteiger partial charge in [0.15, 0.2) is 11.5 Å². The lowest BCUT2D eigenvalue weighted by Crippen LogP contribution is -2.41. The van der Waals surface area contributed by atoms with E-state index < -0.39 is 0 Å². The Morgan fingerprint density at radius 2 is 1.96 bits per heavy atom. The molecule has 0 bridgehead atoms. The van der Waals surface area contributed by atoms with Crippen molar-refractivity contribution in [3.63, 3.8) is 0 Å². The number of hydrogen-bond acceptors (Lipinski definition) is 4. The number of carbonyl (C=O) groups excluding carboxylic acids is 1. The van der Waals surface area contributed by atoms with Crippen LogP contribution in [0.5, 0.6) is 11.5 Å². The number of benzene rings is 1. The van der Waals surface area contributed by atoms with E-state index in [2.05, 4.69) is 0 Å². The van der Waals surface area contributed by atoms with Gasteiger partial charge in [-0.2, -0.15) is 0 Å². The van der Waals surface area contributed by atoms with Crippen LogP contribution >= 0.6 is 0 Å². The zero-order chi connectivity index (χ0) is 17.1. The van der Waals surface area contributed by atoms with Gasteiger partial charge in [0.25, 0.3) is 5.91 Å². The number of para-hydroxylation sites is 1. The van der Waals surface area contributed by atoms with Gasteiger partial charge in [0.1, 0.15) is 6.10 Å². The molecule has 25 heavy (non-hydrogen) atoms. The Morgan fingerprint density at radius 3 is 2.76 bits per heavy atom. The van der Waals surface area contributed by atoms with Crippen molar-refractivity contribution >= 4 is 5.91 Å². The lowest BCUT2D eigenvalue weighted by molar-refractivity contribution is -0.142. The topological polar surface area (TPSA) is 48.0 Å². The maximum atomic E-state index is 13.1. The number of nitrogens with zero attached hydrogens (tertiary/aromatic N) is 1.